The summed E-state index contributed by atoms with van der Waals surface area (Å²) >= 11 is 1.71. The highest BCUT2D eigenvalue weighted by Gasteiger charge is 2.17. The lowest BCUT2D eigenvalue weighted by atomic mass is 10.0. The number of benzene rings is 5. The van der Waals surface area contributed by atoms with E-state index in [0.717, 1.165) is 48.3 Å². The van der Waals surface area contributed by atoms with E-state index in [4.69, 9.17) is 19.9 Å². The normalized spacial score (nSPS) is 11.2. The molecule has 2 aromatic heterocycles. The van der Waals surface area contributed by atoms with Crippen molar-refractivity contribution in [1.29, 1.82) is 0 Å². The second-order valence-electron chi connectivity index (χ2n) is 8.74. The summed E-state index contributed by atoms with van der Waals surface area (Å²) in [6, 6.07) is 41.0. The molecule has 0 bridgehead atoms. The van der Waals surface area contributed by atoms with E-state index in [9.17, 15) is 0 Å². The van der Waals surface area contributed by atoms with E-state index in [-0.39, 0.29) is 0 Å². The highest BCUT2D eigenvalue weighted by atomic mass is 32.1. The van der Waals surface area contributed by atoms with Crippen LogP contribution in [0.25, 0.3) is 65.7 Å². The Balaban J connectivity index is 1.50. The van der Waals surface area contributed by atoms with Crippen LogP contribution in [0.2, 0.25) is 0 Å². The van der Waals surface area contributed by atoms with Crippen LogP contribution in [0, 0.1) is 0 Å². The van der Waals surface area contributed by atoms with Crippen LogP contribution in [0.1, 0.15) is 0 Å². The van der Waals surface area contributed by atoms with E-state index in [1.807, 2.05) is 78.9 Å². The second-order valence-corrected chi connectivity index (χ2v) is 9.74. The first-order valence-electron chi connectivity index (χ1n) is 12.1. The molecular formula is C32H20N4S. The van der Waals surface area contributed by atoms with Gasteiger partial charge in [0.25, 0.3) is 0 Å². The Hall–Kier alpha value is -4.74. The summed E-state index contributed by atoms with van der Waals surface area (Å²) in [6.07, 6.45) is 0. The number of hydrogen-bond acceptors (Lipinski definition) is 5. The third kappa shape index (κ3) is 3.96. The Morgan fingerprint density at radius 1 is 0.432 bits per heavy atom. The lowest BCUT2D eigenvalue weighted by Crippen LogP contribution is -2.00. The van der Waals surface area contributed by atoms with Gasteiger partial charge < -0.3 is 0 Å². The van der Waals surface area contributed by atoms with Crippen LogP contribution in [0.4, 0.5) is 0 Å². The summed E-state index contributed by atoms with van der Waals surface area (Å²) in [4.78, 5) is 19.8. The molecule has 0 saturated heterocycles. The third-order valence-corrected chi connectivity index (χ3v) is 7.50. The fraction of sp³-hybridized carbons (Fsp3) is 0. The molecule has 0 aliphatic carbocycles. The molecule has 37 heavy (non-hydrogen) atoms. The monoisotopic (exact) mass is 492 g/mol. The van der Waals surface area contributed by atoms with Crippen molar-refractivity contribution in [1.82, 2.24) is 19.9 Å². The molecule has 5 heteroatoms. The number of fused-ring (bicyclic) bond motifs is 3. The van der Waals surface area contributed by atoms with Crippen molar-refractivity contribution in [2.24, 2.45) is 0 Å². The molecule has 0 fully saturated rings. The van der Waals surface area contributed by atoms with Crippen molar-refractivity contribution in [3.63, 3.8) is 0 Å². The Bertz CT molecular complexity index is 1810. The van der Waals surface area contributed by atoms with Gasteiger partial charge in [0, 0.05) is 27.6 Å². The first-order chi connectivity index (χ1) is 18.3. The highest BCUT2D eigenvalue weighted by molar-refractivity contribution is 7.22. The fourth-order valence-corrected chi connectivity index (χ4v) is 5.71. The molecule has 0 amide bonds. The molecule has 0 unspecified atom stereocenters. The minimum Gasteiger partial charge on any atom is -0.236 e. The molecule has 0 radical (unpaired) electrons. The van der Waals surface area contributed by atoms with Crippen LogP contribution in [0.15, 0.2) is 121 Å². The average molecular weight is 493 g/mol. The van der Waals surface area contributed by atoms with Crippen molar-refractivity contribution >= 4 is 32.3 Å². The Kier molecular flexibility index (Phi) is 5.26. The van der Waals surface area contributed by atoms with Gasteiger partial charge in [0.1, 0.15) is 5.01 Å². The van der Waals surface area contributed by atoms with Crippen LogP contribution in [0.3, 0.4) is 0 Å². The predicted octanol–water partition coefficient (Wildman–Crippen LogP) is 8.30. The van der Waals surface area contributed by atoms with E-state index in [1.54, 1.807) is 11.3 Å². The average Bonchev–Trinajstić information content (AvgIpc) is 3.43. The molecule has 4 nitrogen and oxygen atoms in total. The summed E-state index contributed by atoms with van der Waals surface area (Å²) < 4.78 is 1.13. The zero-order valence-electron chi connectivity index (χ0n) is 19.7. The molecule has 7 rings (SSSR count). The van der Waals surface area contributed by atoms with Gasteiger partial charge in [-0.05, 0) is 11.5 Å². The predicted molar refractivity (Wildman–Crippen MR) is 152 cm³/mol. The van der Waals surface area contributed by atoms with Crippen LogP contribution < -0.4 is 0 Å². The maximum absolute atomic E-state index is 4.98. The van der Waals surface area contributed by atoms with Crippen molar-refractivity contribution in [2.75, 3.05) is 0 Å². The van der Waals surface area contributed by atoms with Crippen molar-refractivity contribution in [3.05, 3.63) is 121 Å². The summed E-state index contributed by atoms with van der Waals surface area (Å²) in [5.74, 6) is 1.96. The highest BCUT2D eigenvalue weighted by Crippen LogP contribution is 2.39. The van der Waals surface area contributed by atoms with Gasteiger partial charge in [0.15, 0.2) is 17.5 Å². The van der Waals surface area contributed by atoms with E-state index in [0.29, 0.717) is 17.5 Å². The minimum atomic E-state index is 0.653. The van der Waals surface area contributed by atoms with Crippen molar-refractivity contribution in [2.45, 2.75) is 0 Å². The first-order valence-corrected chi connectivity index (χ1v) is 12.9. The number of aromatic nitrogens is 4. The summed E-state index contributed by atoms with van der Waals surface area (Å²) in [6.45, 7) is 0. The van der Waals surface area contributed by atoms with Gasteiger partial charge >= 0.3 is 0 Å². The summed E-state index contributed by atoms with van der Waals surface area (Å²) in [5.41, 5.74) is 4.98. The Labute approximate surface area is 218 Å². The maximum Gasteiger partial charge on any atom is 0.164 e. The Morgan fingerprint density at radius 2 is 1.00 bits per heavy atom. The first kappa shape index (κ1) is 21.5. The number of rotatable bonds is 4. The molecule has 7 aromatic rings. The minimum absolute atomic E-state index is 0.653. The molecule has 174 valence electrons. The van der Waals surface area contributed by atoms with Gasteiger partial charge in [-0.3, -0.25) is 0 Å². The number of nitrogens with zero attached hydrogens (tertiary/aromatic N) is 4. The molecule has 0 atom stereocenters. The zero-order chi connectivity index (χ0) is 24.6. The lowest BCUT2D eigenvalue weighted by Gasteiger charge is -2.10. The molecule has 2 heterocycles. The van der Waals surface area contributed by atoms with E-state index < -0.39 is 0 Å². The SMILES string of the molecule is c1ccc(-c2nc(-c3ccccc3)nc(-c3cccc4ccc5nc(-c6ccccc6)sc5c34)n2)cc1. The van der Waals surface area contributed by atoms with Crippen LogP contribution in [0.5, 0.6) is 0 Å². The molecule has 0 N–H and O–H groups in total. The van der Waals surface area contributed by atoms with Crippen molar-refractivity contribution in [3.8, 4) is 44.7 Å². The Morgan fingerprint density at radius 3 is 1.62 bits per heavy atom. The second kappa shape index (κ2) is 9.04. The van der Waals surface area contributed by atoms with E-state index in [1.165, 1.54) is 0 Å². The summed E-state index contributed by atoms with van der Waals surface area (Å²) in [7, 11) is 0. The van der Waals surface area contributed by atoms with Crippen molar-refractivity contribution < 1.29 is 0 Å². The van der Waals surface area contributed by atoms with Gasteiger partial charge in [-0.1, -0.05) is 115 Å². The molecule has 0 aliphatic rings. The van der Waals surface area contributed by atoms with Gasteiger partial charge in [0.05, 0.1) is 10.2 Å². The fourth-order valence-electron chi connectivity index (χ4n) is 4.57. The van der Waals surface area contributed by atoms with Crippen LogP contribution >= 0.6 is 11.3 Å². The number of hydrogen-bond donors (Lipinski definition) is 0. The molecule has 0 spiro atoms. The molecule has 0 aliphatic heterocycles. The van der Waals surface area contributed by atoms with E-state index in [2.05, 4.69) is 42.5 Å². The lowest BCUT2D eigenvalue weighted by molar-refractivity contribution is 1.08. The van der Waals surface area contributed by atoms with Gasteiger partial charge in [-0.15, -0.1) is 11.3 Å². The zero-order valence-corrected chi connectivity index (χ0v) is 20.6. The van der Waals surface area contributed by atoms with Crippen LogP contribution in [-0.4, -0.2) is 19.9 Å². The molecule has 0 saturated carbocycles. The van der Waals surface area contributed by atoms with Gasteiger partial charge in [-0.2, -0.15) is 0 Å². The number of thiazole rings is 1. The standard InChI is InChI=1S/C32H20N4S/c1-4-11-22(12-5-1)29-34-30(23-13-6-2-7-14-23)36-31(35-29)25-18-10-17-21-19-20-26-28(27(21)25)37-32(33-26)24-15-8-3-9-16-24/h1-20H. The summed E-state index contributed by atoms with van der Waals surface area (Å²) in [5, 5.41) is 3.25. The molecular weight excluding hydrogens is 472 g/mol. The van der Waals surface area contributed by atoms with Gasteiger partial charge in [0.2, 0.25) is 0 Å². The largest absolute Gasteiger partial charge is 0.236 e. The van der Waals surface area contributed by atoms with E-state index >= 15 is 0 Å². The maximum atomic E-state index is 4.98. The third-order valence-electron chi connectivity index (χ3n) is 6.36. The van der Waals surface area contributed by atoms with Gasteiger partial charge in [-0.25, -0.2) is 19.9 Å². The quantitative estimate of drug-likeness (QED) is 0.248. The molecule has 5 aromatic carbocycles. The smallest absolute Gasteiger partial charge is 0.164 e. The topological polar surface area (TPSA) is 51.6 Å². The van der Waals surface area contributed by atoms with Crippen LogP contribution in [-0.2, 0) is 0 Å².